The molecule has 0 saturated heterocycles. The molecule has 3 heteroatoms. The summed E-state index contributed by atoms with van der Waals surface area (Å²) in [7, 11) is -0.172. The Bertz CT molecular complexity index is 146. The van der Waals surface area contributed by atoms with Crippen molar-refractivity contribution >= 4 is 8.22 Å². The van der Waals surface area contributed by atoms with Gasteiger partial charge in [-0.15, -0.1) is 0 Å². The van der Waals surface area contributed by atoms with E-state index in [1.165, 1.54) is 6.54 Å². The first-order valence-electron chi connectivity index (χ1n) is 5.61. The zero-order chi connectivity index (χ0) is 11.3. The molecule has 0 amide bonds. The van der Waals surface area contributed by atoms with Crippen LogP contribution < -0.4 is 5.09 Å². The molecular formula is C11H27N2P. The van der Waals surface area contributed by atoms with E-state index in [0.29, 0.717) is 12.1 Å². The molecule has 0 bridgehead atoms. The van der Waals surface area contributed by atoms with Crippen LogP contribution in [0.5, 0.6) is 0 Å². The summed E-state index contributed by atoms with van der Waals surface area (Å²) < 4.78 is 2.58. The van der Waals surface area contributed by atoms with Gasteiger partial charge in [0.2, 0.25) is 0 Å². The van der Waals surface area contributed by atoms with Crippen molar-refractivity contribution in [1.82, 2.24) is 9.76 Å². The van der Waals surface area contributed by atoms with Crippen molar-refractivity contribution in [2.24, 2.45) is 5.92 Å². The van der Waals surface area contributed by atoms with Crippen molar-refractivity contribution in [2.75, 3.05) is 13.2 Å². The quantitative estimate of drug-likeness (QED) is 0.688. The Kier molecular flexibility index (Phi) is 6.93. The summed E-state index contributed by atoms with van der Waals surface area (Å²) in [5.74, 6) is 0.747. The van der Waals surface area contributed by atoms with Gasteiger partial charge < -0.3 is 0 Å². The molecule has 1 N–H and O–H groups in total. The average Bonchev–Trinajstić information content (AvgIpc) is 1.97. The van der Waals surface area contributed by atoms with Crippen molar-refractivity contribution in [3.05, 3.63) is 0 Å². The van der Waals surface area contributed by atoms with Crippen LogP contribution in [0.15, 0.2) is 0 Å². The summed E-state index contributed by atoms with van der Waals surface area (Å²) in [5, 5.41) is 3.62. The minimum absolute atomic E-state index is 0.172. The molecule has 1 atom stereocenters. The molecule has 0 spiro atoms. The Morgan fingerprint density at radius 1 is 1.07 bits per heavy atom. The van der Waals surface area contributed by atoms with Gasteiger partial charge in [-0.05, 0) is 40.3 Å². The van der Waals surface area contributed by atoms with Gasteiger partial charge in [0, 0.05) is 26.9 Å². The zero-order valence-electron chi connectivity index (χ0n) is 10.8. The van der Waals surface area contributed by atoms with E-state index in [9.17, 15) is 0 Å². The minimum Gasteiger partial charge on any atom is -0.281 e. The minimum atomic E-state index is -0.172. The van der Waals surface area contributed by atoms with E-state index in [1.54, 1.807) is 0 Å². The van der Waals surface area contributed by atoms with E-state index in [0.717, 1.165) is 5.92 Å². The molecule has 0 aromatic heterocycles. The predicted molar refractivity (Wildman–Crippen MR) is 67.8 cm³/mol. The topological polar surface area (TPSA) is 15.3 Å². The molecule has 86 valence electrons. The lowest BCUT2D eigenvalue weighted by Crippen LogP contribution is -2.35. The standard InChI is InChI=1S/C11H27N2P/c1-9(2)8-13(11(5)6)14(7)12-10(3)4/h9-12H,8H2,1-7H3. The van der Waals surface area contributed by atoms with E-state index in [1.807, 2.05) is 0 Å². The summed E-state index contributed by atoms with van der Waals surface area (Å²) in [4.78, 5) is 0. The van der Waals surface area contributed by atoms with Gasteiger partial charge in [0.15, 0.2) is 0 Å². The van der Waals surface area contributed by atoms with Crippen LogP contribution in [0.3, 0.4) is 0 Å². The lowest BCUT2D eigenvalue weighted by atomic mass is 10.2. The van der Waals surface area contributed by atoms with Crippen LogP contribution >= 0.6 is 8.22 Å². The van der Waals surface area contributed by atoms with Gasteiger partial charge in [-0.3, -0.25) is 9.76 Å². The summed E-state index contributed by atoms with van der Waals surface area (Å²) in [5.41, 5.74) is 0. The largest absolute Gasteiger partial charge is 0.281 e. The normalized spacial score (nSPS) is 14.8. The molecule has 1 unspecified atom stereocenters. The highest BCUT2D eigenvalue weighted by Crippen LogP contribution is 2.34. The lowest BCUT2D eigenvalue weighted by Gasteiger charge is -2.35. The van der Waals surface area contributed by atoms with Crippen LogP contribution in [-0.2, 0) is 0 Å². The molecule has 0 aliphatic rings. The molecular weight excluding hydrogens is 191 g/mol. The second kappa shape index (κ2) is 6.76. The first-order valence-corrected chi connectivity index (χ1v) is 7.35. The third kappa shape index (κ3) is 5.95. The summed E-state index contributed by atoms with van der Waals surface area (Å²) >= 11 is 0. The number of rotatable bonds is 6. The smallest absolute Gasteiger partial charge is 0.0338 e. The van der Waals surface area contributed by atoms with Crippen molar-refractivity contribution in [1.29, 1.82) is 0 Å². The average molecular weight is 218 g/mol. The monoisotopic (exact) mass is 218 g/mol. The van der Waals surface area contributed by atoms with E-state index in [-0.39, 0.29) is 8.22 Å². The second-order valence-electron chi connectivity index (χ2n) is 4.92. The Hall–Kier alpha value is 0.350. The van der Waals surface area contributed by atoms with Crippen molar-refractivity contribution < 1.29 is 0 Å². The fourth-order valence-corrected chi connectivity index (χ4v) is 3.66. The van der Waals surface area contributed by atoms with Crippen LogP contribution in [0, 0.1) is 5.92 Å². The van der Waals surface area contributed by atoms with Gasteiger partial charge in [0.25, 0.3) is 0 Å². The van der Waals surface area contributed by atoms with Gasteiger partial charge in [-0.2, -0.15) is 0 Å². The fourth-order valence-electron chi connectivity index (χ4n) is 1.50. The van der Waals surface area contributed by atoms with Crippen LogP contribution in [0.2, 0.25) is 0 Å². The van der Waals surface area contributed by atoms with Gasteiger partial charge in [0.1, 0.15) is 0 Å². The Morgan fingerprint density at radius 3 is 1.86 bits per heavy atom. The zero-order valence-corrected chi connectivity index (χ0v) is 11.7. The molecule has 0 aromatic carbocycles. The third-order valence-electron chi connectivity index (χ3n) is 1.98. The van der Waals surface area contributed by atoms with Crippen LogP contribution in [0.25, 0.3) is 0 Å². The molecule has 0 saturated carbocycles. The molecule has 0 aliphatic carbocycles. The summed E-state index contributed by atoms with van der Waals surface area (Å²) in [6.07, 6.45) is 0. The van der Waals surface area contributed by atoms with Gasteiger partial charge >= 0.3 is 0 Å². The van der Waals surface area contributed by atoms with E-state index in [4.69, 9.17) is 0 Å². The SMILES string of the molecule is CC(C)CN(C(C)C)P(C)NC(C)C. The predicted octanol–water partition coefficient (Wildman–Crippen LogP) is 3.29. The van der Waals surface area contributed by atoms with E-state index in [2.05, 4.69) is 58.0 Å². The van der Waals surface area contributed by atoms with Crippen molar-refractivity contribution in [3.63, 3.8) is 0 Å². The van der Waals surface area contributed by atoms with Crippen molar-refractivity contribution in [3.8, 4) is 0 Å². The van der Waals surface area contributed by atoms with Gasteiger partial charge in [-0.25, -0.2) is 0 Å². The Labute approximate surface area is 91.3 Å². The summed E-state index contributed by atoms with van der Waals surface area (Å²) in [6.45, 7) is 17.1. The molecule has 0 rings (SSSR count). The van der Waals surface area contributed by atoms with Crippen LogP contribution in [-0.4, -0.2) is 30.0 Å². The first kappa shape index (κ1) is 14.3. The van der Waals surface area contributed by atoms with Gasteiger partial charge in [0.05, 0.1) is 0 Å². The highest BCUT2D eigenvalue weighted by molar-refractivity contribution is 7.52. The maximum absolute atomic E-state index is 3.62. The second-order valence-corrected chi connectivity index (χ2v) is 6.74. The van der Waals surface area contributed by atoms with E-state index < -0.39 is 0 Å². The third-order valence-corrected chi connectivity index (χ3v) is 4.26. The molecule has 0 heterocycles. The maximum atomic E-state index is 3.62. The molecule has 0 aliphatic heterocycles. The fraction of sp³-hybridized carbons (Fsp3) is 1.00. The first-order chi connectivity index (χ1) is 6.34. The number of hydrogen-bond acceptors (Lipinski definition) is 2. The molecule has 14 heavy (non-hydrogen) atoms. The molecule has 2 nitrogen and oxygen atoms in total. The molecule has 0 aromatic rings. The summed E-state index contributed by atoms with van der Waals surface area (Å²) in [6, 6.07) is 1.22. The highest BCUT2D eigenvalue weighted by Gasteiger charge is 2.18. The number of nitrogens with one attached hydrogen (secondary N) is 1. The van der Waals surface area contributed by atoms with Crippen LogP contribution in [0.1, 0.15) is 41.5 Å². The number of nitrogens with zero attached hydrogens (tertiary/aromatic N) is 1. The van der Waals surface area contributed by atoms with Gasteiger partial charge in [-0.1, -0.05) is 13.8 Å². The van der Waals surface area contributed by atoms with Crippen molar-refractivity contribution in [2.45, 2.75) is 53.6 Å². The highest BCUT2D eigenvalue weighted by atomic mass is 31.1. The molecule has 0 radical (unpaired) electrons. The Balaban J connectivity index is 4.18. The Morgan fingerprint density at radius 2 is 1.57 bits per heavy atom. The van der Waals surface area contributed by atoms with Crippen LogP contribution in [0.4, 0.5) is 0 Å². The number of hydrogen-bond donors (Lipinski definition) is 1. The maximum Gasteiger partial charge on any atom is 0.0338 e. The molecule has 0 fully saturated rings. The lowest BCUT2D eigenvalue weighted by molar-refractivity contribution is 0.336. The van der Waals surface area contributed by atoms with E-state index >= 15 is 0 Å².